The highest BCUT2D eigenvalue weighted by atomic mass is 35.5. The van der Waals surface area contributed by atoms with Crippen LogP contribution in [0, 0.1) is 0 Å². The zero-order valence-electron chi connectivity index (χ0n) is 16.0. The third kappa shape index (κ3) is 3.74. The molecule has 2 heterocycles. The Morgan fingerprint density at radius 1 is 0.906 bits per heavy atom. The molecule has 0 bridgehead atoms. The van der Waals surface area contributed by atoms with Crippen molar-refractivity contribution in [2.45, 2.75) is 6.18 Å². The zero-order chi connectivity index (χ0) is 23.2. The number of aromatic nitrogens is 1. The summed E-state index contributed by atoms with van der Waals surface area (Å²) in [6.07, 6.45) is -3.27. The van der Waals surface area contributed by atoms with Crippen LogP contribution >= 0.6 is 23.2 Å². The second kappa shape index (κ2) is 8.00. The van der Waals surface area contributed by atoms with Crippen LogP contribution in [-0.4, -0.2) is 21.3 Å². The Balaban J connectivity index is 1.96. The molecule has 0 aliphatic heterocycles. The Hall–Kier alpha value is -3.29. The third-order valence-electron chi connectivity index (χ3n) is 4.96. The van der Waals surface area contributed by atoms with Crippen molar-refractivity contribution in [2.24, 2.45) is 0 Å². The van der Waals surface area contributed by atoms with Gasteiger partial charge in [-0.2, -0.15) is 13.2 Å². The van der Waals surface area contributed by atoms with Gasteiger partial charge in [0.2, 0.25) is 5.78 Å². The number of rotatable bonds is 4. The van der Waals surface area contributed by atoms with Gasteiger partial charge in [-0.05, 0) is 48.0 Å². The summed E-state index contributed by atoms with van der Waals surface area (Å²) in [5, 5.41) is 9.05. The van der Waals surface area contributed by atoms with Crippen LogP contribution in [0.3, 0.4) is 0 Å². The summed E-state index contributed by atoms with van der Waals surface area (Å²) in [5.41, 5.74) is -0.426. The molecule has 32 heavy (non-hydrogen) atoms. The molecular formula is C23H12Cl2F3NO3. The molecular weight excluding hydrogens is 466 g/mol. The highest BCUT2D eigenvalue weighted by Crippen LogP contribution is 2.38. The van der Waals surface area contributed by atoms with Crippen LogP contribution in [0.5, 0.6) is 0 Å². The van der Waals surface area contributed by atoms with Crippen LogP contribution in [0.4, 0.5) is 13.2 Å². The molecule has 1 N–H and O–H groups in total. The lowest BCUT2D eigenvalue weighted by molar-refractivity contribution is -0.137. The molecule has 0 radical (unpaired) electrons. The van der Waals surface area contributed by atoms with Gasteiger partial charge in [-0.15, -0.1) is 0 Å². The normalized spacial score (nSPS) is 11.7. The van der Waals surface area contributed by atoms with Crippen molar-refractivity contribution < 1.29 is 27.9 Å². The first kappa shape index (κ1) is 21.9. The number of alkyl halides is 3. The van der Waals surface area contributed by atoms with E-state index in [4.69, 9.17) is 28.3 Å². The second-order valence-corrected chi connectivity index (χ2v) is 7.70. The van der Waals surface area contributed by atoms with E-state index in [1.54, 1.807) is 12.1 Å². The molecule has 0 atom stereocenters. The molecule has 0 saturated carbocycles. The molecule has 4 rings (SSSR count). The molecule has 2 aromatic heterocycles. The van der Waals surface area contributed by atoms with E-state index in [-0.39, 0.29) is 21.3 Å². The van der Waals surface area contributed by atoms with E-state index in [2.05, 4.69) is 0 Å². The molecule has 0 amide bonds. The maximum atomic E-state index is 13.6. The van der Waals surface area contributed by atoms with Gasteiger partial charge in [-0.3, -0.25) is 4.79 Å². The monoisotopic (exact) mass is 477 g/mol. The number of aromatic carboxylic acids is 1. The molecule has 0 fully saturated rings. The average molecular weight is 478 g/mol. The zero-order valence-corrected chi connectivity index (χ0v) is 17.5. The smallest absolute Gasteiger partial charge is 0.417 e. The summed E-state index contributed by atoms with van der Waals surface area (Å²) in [5.74, 6) is -2.03. The Kier molecular flexibility index (Phi) is 5.48. The predicted molar refractivity (Wildman–Crippen MR) is 115 cm³/mol. The number of pyridine rings is 1. The Bertz CT molecular complexity index is 1380. The fourth-order valence-electron chi connectivity index (χ4n) is 3.52. The summed E-state index contributed by atoms with van der Waals surface area (Å²) in [4.78, 5) is 24.5. The molecule has 4 nitrogen and oxygen atoms in total. The lowest BCUT2D eigenvalue weighted by atomic mass is 10.00. The van der Waals surface area contributed by atoms with E-state index in [0.717, 1.165) is 12.1 Å². The van der Waals surface area contributed by atoms with Gasteiger partial charge in [0.25, 0.3) is 0 Å². The maximum absolute atomic E-state index is 13.6. The molecule has 162 valence electrons. The van der Waals surface area contributed by atoms with Gasteiger partial charge in [0.05, 0.1) is 37.9 Å². The summed E-state index contributed by atoms with van der Waals surface area (Å²) >= 11 is 12.4. The van der Waals surface area contributed by atoms with Gasteiger partial charge in [0.1, 0.15) is 0 Å². The fourth-order valence-corrected chi connectivity index (χ4v) is 4.05. The number of ketones is 1. The van der Waals surface area contributed by atoms with Crippen molar-refractivity contribution >= 4 is 40.5 Å². The lowest BCUT2D eigenvalue weighted by Crippen LogP contribution is -2.15. The molecule has 0 spiro atoms. The first-order chi connectivity index (χ1) is 15.1. The number of nitrogens with zero attached hydrogens (tertiary/aromatic N) is 1. The first-order valence-corrected chi connectivity index (χ1v) is 9.89. The van der Waals surface area contributed by atoms with Crippen LogP contribution in [0.2, 0.25) is 10.0 Å². The topological polar surface area (TPSA) is 58.8 Å². The molecule has 4 aromatic rings. The highest BCUT2D eigenvalue weighted by molar-refractivity contribution is 6.36. The van der Waals surface area contributed by atoms with Crippen molar-refractivity contribution in [1.82, 2.24) is 4.40 Å². The Labute approximate surface area is 189 Å². The van der Waals surface area contributed by atoms with Gasteiger partial charge < -0.3 is 9.51 Å². The number of carbonyl (C=O) groups is 2. The number of carbonyl (C=O) groups excluding carboxylic acids is 1. The largest absolute Gasteiger partial charge is 0.478 e. The number of halogens is 5. The van der Waals surface area contributed by atoms with Crippen LogP contribution in [-0.2, 0) is 6.18 Å². The van der Waals surface area contributed by atoms with Gasteiger partial charge >= 0.3 is 12.1 Å². The first-order valence-electron chi connectivity index (χ1n) is 9.13. The van der Waals surface area contributed by atoms with Crippen molar-refractivity contribution in [3.8, 4) is 11.1 Å². The van der Waals surface area contributed by atoms with Crippen molar-refractivity contribution in [3.63, 3.8) is 0 Å². The average Bonchev–Trinajstić information content (AvgIpc) is 3.13. The van der Waals surface area contributed by atoms with Gasteiger partial charge in [0, 0.05) is 11.8 Å². The molecule has 2 aromatic carbocycles. The molecule has 0 aliphatic carbocycles. The van der Waals surface area contributed by atoms with Crippen molar-refractivity contribution in [1.29, 1.82) is 0 Å². The fraction of sp³-hybridized carbons (Fsp3) is 0.0435. The molecule has 0 unspecified atom stereocenters. The number of hydrogen-bond donors (Lipinski definition) is 1. The summed E-state index contributed by atoms with van der Waals surface area (Å²) in [7, 11) is 0. The van der Waals surface area contributed by atoms with Gasteiger partial charge in [-0.25, -0.2) is 4.79 Å². The lowest BCUT2D eigenvalue weighted by Gasteiger charge is -2.13. The van der Waals surface area contributed by atoms with Crippen LogP contribution < -0.4 is 0 Å². The van der Waals surface area contributed by atoms with Gasteiger partial charge in [0.15, 0.2) is 0 Å². The number of carboxylic acid groups (broad SMARTS) is 1. The van der Waals surface area contributed by atoms with Crippen molar-refractivity contribution in [3.05, 3.63) is 99.3 Å². The quantitative estimate of drug-likeness (QED) is 0.326. The van der Waals surface area contributed by atoms with E-state index < -0.39 is 29.1 Å². The SMILES string of the molecule is O=C(O)c1ccc(-c2cc(C(=O)c3c(Cl)cccc3C(F)(F)F)n3cccc(Cl)c23)cc1. The standard InChI is InChI=1S/C23H12Cl2F3NO3/c24-16-4-1-3-15(23(26,27)28)19(16)21(30)18-11-14(20-17(25)5-2-10-29(18)20)12-6-8-13(9-7-12)22(31)32/h1-11H,(H,31,32). The van der Waals surface area contributed by atoms with Crippen LogP contribution in [0.15, 0.2) is 66.9 Å². The summed E-state index contributed by atoms with van der Waals surface area (Å²) in [6.45, 7) is 0. The Morgan fingerprint density at radius 2 is 1.56 bits per heavy atom. The summed E-state index contributed by atoms with van der Waals surface area (Å²) in [6, 6.07) is 13.5. The number of benzene rings is 2. The minimum Gasteiger partial charge on any atom is -0.478 e. The van der Waals surface area contributed by atoms with Gasteiger partial charge in [-0.1, -0.05) is 41.4 Å². The van der Waals surface area contributed by atoms with E-state index in [9.17, 15) is 22.8 Å². The van der Waals surface area contributed by atoms with Crippen LogP contribution in [0.25, 0.3) is 16.6 Å². The highest BCUT2D eigenvalue weighted by Gasteiger charge is 2.37. The second-order valence-electron chi connectivity index (χ2n) is 6.89. The van der Waals surface area contributed by atoms with E-state index in [1.165, 1.54) is 47.0 Å². The minimum atomic E-state index is -4.78. The predicted octanol–water partition coefficient (Wildman–Crippen LogP) is 6.86. The molecule has 9 heteroatoms. The Morgan fingerprint density at radius 3 is 2.19 bits per heavy atom. The maximum Gasteiger partial charge on any atom is 0.417 e. The number of carboxylic acids is 1. The van der Waals surface area contributed by atoms with E-state index in [0.29, 0.717) is 16.6 Å². The minimum absolute atomic E-state index is 0.0607. The van der Waals surface area contributed by atoms with Crippen LogP contribution in [0.1, 0.15) is 32.0 Å². The van der Waals surface area contributed by atoms with Crippen molar-refractivity contribution in [2.75, 3.05) is 0 Å². The van der Waals surface area contributed by atoms with E-state index in [1.807, 2.05) is 0 Å². The molecule has 0 aliphatic rings. The van der Waals surface area contributed by atoms with E-state index >= 15 is 0 Å². The number of hydrogen-bond acceptors (Lipinski definition) is 2. The summed E-state index contributed by atoms with van der Waals surface area (Å²) < 4.78 is 42.1. The molecule has 0 saturated heterocycles. The number of fused-ring (bicyclic) bond motifs is 1. The third-order valence-corrected chi connectivity index (χ3v) is 5.58.